The van der Waals surface area contributed by atoms with Gasteiger partial charge >= 0.3 is 7.12 Å². The summed E-state index contributed by atoms with van der Waals surface area (Å²) in [5, 5.41) is 0.848. The quantitative estimate of drug-likeness (QED) is 0.271. The van der Waals surface area contributed by atoms with Gasteiger partial charge in [0.1, 0.15) is 0 Å². The SMILES string of the molecule is CCCCCCC1(CCCCCC)c2cc(Cl)ccc2-c2ccc(B3OCCO3)cc21. The zero-order valence-corrected chi connectivity index (χ0v) is 20.0. The Balaban J connectivity index is 1.76. The molecule has 1 saturated heterocycles. The highest BCUT2D eigenvalue weighted by atomic mass is 35.5. The van der Waals surface area contributed by atoms with Gasteiger partial charge < -0.3 is 9.31 Å². The highest BCUT2D eigenvalue weighted by Gasteiger charge is 2.43. The first-order chi connectivity index (χ1) is 15.2. The third-order valence-electron chi connectivity index (χ3n) is 7.15. The average molecular weight is 439 g/mol. The van der Waals surface area contributed by atoms with Gasteiger partial charge in [0.15, 0.2) is 0 Å². The molecule has 1 aliphatic heterocycles. The summed E-state index contributed by atoms with van der Waals surface area (Å²) < 4.78 is 11.7. The summed E-state index contributed by atoms with van der Waals surface area (Å²) in [5.41, 5.74) is 6.85. The van der Waals surface area contributed by atoms with Crippen molar-refractivity contribution < 1.29 is 9.31 Å². The summed E-state index contributed by atoms with van der Waals surface area (Å²) in [6.45, 7) is 5.93. The molecule has 2 aromatic carbocycles. The van der Waals surface area contributed by atoms with Crippen LogP contribution in [0.1, 0.15) is 89.2 Å². The summed E-state index contributed by atoms with van der Waals surface area (Å²) in [4.78, 5) is 0. The number of unbranched alkanes of at least 4 members (excludes halogenated alkanes) is 6. The van der Waals surface area contributed by atoms with Gasteiger partial charge in [0.2, 0.25) is 0 Å². The van der Waals surface area contributed by atoms with E-state index in [-0.39, 0.29) is 12.5 Å². The van der Waals surface area contributed by atoms with Gasteiger partial charge in [-0.2, -0.15) is 0 Å². The van der Waals surface area contributed by atoms with Gasteiger partial charge in [0.05, 0.1) is 13.2 Å². The second-order valence-corrected chi connectivity index (χ2v) is 9.71. The Morgan fingerprint density at radius 3 is 1.97 bits per heavy atom. The molecule has 0 bridgehead atoms. The molecule has 4 rings (SSSR count). The molecule has 1 fully saturated rings. The lowest BCUT2D eigenvalue weighted by Gasteiger charge is -2.33. The van der Waals surface area contributed by atoms with E-state index in [4.69, 9.17) is 20.9 Å². The van der Waals surface area contributed by atoms with Gasteiger partial charge in [-0.15, -0.1) is 0 Å². The second kappa shape index (κ2) is 10.6. The highest BCUT2D eigenvalue weighted by Crippen LogP contribution is 2.54. The minimum atomic E-state index is -0.226. The molecule has 0 unspecified atom stereocenters. The number of halogens is 1. The molecule has 0 aromatic heterocycles. The summed E-state index contributed by atoms with van der Waals surface area (Å²) in [6, 6.07) is 13.4. The van der Waals surface area contributed by atoms with Gasteiger partial charge in [0.25, 0.3) is 0 Å². The van der Waals surface area contributed by atoms with Crippen molar-refractivity contribution in [2.75, 3.05) is 13.2 Å². The van der Waals surface area contributed by atoms with Crippen LogP contribution in [0.25, 0.3) is 11.1 Å². The molecule has 31 heavy (non-hydrogen) atoms. The Hall–Kier alpha value is -1.29. The molecule has 2 nitrogen and oxygen atoms in total. The van der Waals surface area contributed by atoms with Gasteiger partial charge in [-0.05, 0) is 52.7 Å². The van der Waals surface area contributed by atoms with Crippen LogP contribution in [0.15, 0.2) is 36.4 Å². The van der Waals surface area contributed by atoms with Crippen molar-refractivity contribution in [1.29, 1.82) is 0 Å². The van der Waals surface area contributed by atoms with Crippen LogP contribution in [0, 0.1) is 0 Å². The minimum Gasteiger partial charge on any atom is -0.405 e. The summed E-state index contributed by atoms with van der Waals surface area (Å²) >= 11 is 6.56. The molecule has 0 N–H and O–H groups in total. The Kier molecular flexibility index (Phi) is 7.79. The van der Waals surface area contributed by atoms with E-state index in [9.17, 15) is 0 Å². The number of rotatable bonds is 11. The standard InChI is InChI=1S/C27H36BClO2/c1-3-5-7-9-15-27(16-10-8-6-4-2)25-19-21(28-30-17-18-31-28)11-13-23(25)24-14-12-22(29)20-26(24)27/h11-14,19-20H,3-10,15-18H2,1-2H3. The number of hydrogen-bond donors (Lipinski definition) is 0. The molecule has 1 heterocycles. The maximum atomic E-state index is 6.56. The molecule has 0 amide bonds. The highest BCUT2D eigenvalue weighted by molar-refractivity contribution is 6.61. The smallest absolute Gasteiger partial charge is 0.405 e. The lowest BCUT2D eigenvalue weighted by molar-refractivity contribution is 0.365. The van der Waals surface area contributed by atoms with Crippen molar-refractivity contribution in [3.63, 3.8) is 0 Å². The first-order valence-corrected chi connectivity index (χ1v) is 12.8. The first kappa shape index (κ1) is 22.9. The van der Waals surface area contributed by atoms with Crippen LogP contribution in [-0.2, 0) is 14.7 Å². The lowest BCUT2D eigenvalue weighted by atomic mass is 9.68. The van der Waals surface area contributed by atoms with Crippen LogP contribution in [0.4, 0.5) is 0 Å². The summed E-state index contributed by atoms with van der Waals surface area (Å²) in [5.74, 6) is 0. The Bertz CT molecular complexity index is 864. The van der Waals surface area contributed by atoms with Gasteiger partial charge in [-0.1, -0.05) is 101 Å². The molecule has 1 aliphatic carbocycles. The van der Waals surface area contributed by atoms with E-state index in [0.29, 0.717) is 13.2 Å². The zero-order chi connectivity index (χ0) is 21.7. The van der Waals surface area contributed by atoms with E-state index in [1.165, 1.54) is 86.5 Å². The fourth-order valence-corrected chi connectivity index (χ4v) is 5.73. The third-order valence-corrected chi connectivity index (χ3v) is 7.39. The van der Waals surface area contributed by atoms with Crippen LogP contribution < -0.4 is 5.46 Å². The van der Waals surface area contributed by atoms with Gasteiger partial charge in [-0.3, -0.25) is 0 Å². The zero-order valence-electron chi connectivity index (χ0n) is 19.2. The van der Waals surface area contributed by atoms with E-state index in [2.05, 4.69) is 44.2 Å². The molecule has 0 radical (unpaired) electrons. The van der Waals surface area contributed by atoms with Crippen LogP contribution in [0.3, 0.4) is 0 Å². The Morgan fingerprint density at radius 1 is 0.774 bits per heavy atom. The van der Waals surface area contributed by atoms with E-state index in [1.54, 1.807) is 0 Å². The monoisotopic (exact) mass is 438 g/mol. The largest absolute Gasteiger partial charge is 0.494 e. The van der Waals surface area contributed by atoms with Crippen molar-refractivity contribution in [3.8, 4) is 11.1 Å². The molecule has 166 valence electrons. The lowest BCUT2D eigenvalue weighted by Crippen LogP contribution is -2.34. The maximum Gasteiger partial charge on any atom is 0.494 e. The summed E-state index contributed by atoms with van der Waals surface area (Å²) in [7, 11) is -0.226. The topological polar surface area (TPSA) is 18.5 Å². The van der Waals surface area contributed by atoms with Crippen LogP contribution in [-0.4, -0.2) is 20.3 Å². The Morgan fingerprint density at radius 2 is 1.35 bits per heavy atom. The minimum absolute atomic E-state index is 0.0473. The fraction of sp³-hybridized carbons (Fsp3) is 0.556. The fourth-order valence-electron chi connectivity index (χ4n) is 5.55. The van der Waals surface area contributed by atoms with Gasteiger partial charge in [0, 0.05) is 10.4 Å². The van der Waals surface area contributed by atoms with Gasteiger partial charge in [-0.25, -0.2) is 0 Å². The normalized spacial score (nSPS) is 16.5. The maximum absolute atomic E-state index is 6.56. The van der Waals surface area contributed by atoms with E-state index >= 15 is 0 Å². The van der Waals surface area contributed by atoms with Crippen LogP contribution in [0.5, 0.6) is 0 Å². The number of benzene rings is 2. The second-order valence-electron chi connectivity index (χ2n) is 9.27. The van der Waals surface area contributed by atoms with Crippen molar-refractivity contribution in [2.24, 2.45) is 0 Å². The molecule has 0 saturated carbocycles. The molecular weight excluding hydrogens is 403 g/mol. The molecule has 0 atom stereocenters. The molecule has 4 heteroatoms. The Labute approximate surface area is 193 Å². The average Bonchev–Trinajstić information content (AvgIpc) is 3.40. The first-order valence-electron chi connectivity index (χ1n) is 12.4. The number of fused-ring (bicyclic) bond motifs is 3. The molecule has 0 spiro atoms. The van der Waals surface area contributed by atoms with E-state index in [1.807, 2.05) is 6.07 Å². The number of hydrogen-bond acceptors (Lipinski definition) is 2. The predicted molar refractivity (Wildman–Crippen MR) is 132 cm³/mol. The van der Waals surface area contributed by atoms with Crippen molar-refractivity contribution in [3.05, 3.63) is 52.5 Å². The van der Waals surface area contributed by atoms with Crippen molar-refractivity contribution >= 4 is 24.2 Å². The van der Waals surface area contributed by atoms with E-state index in [0.717, 1.165) is 10.5 Å². The van der Waals surface area contributed by atoms with Crippen molar-refractivity contribution in [1.82, 2.24) is 0 Å². The van der Waals surface area contributed by atoms with E-state index < -0.39 is 0 Å². The van der Waals surface area contributed by atoms with Crippen molar-refractivity contribution in [2.45, 2.75) is 83.5 Å². The molecule has 2 aliphatic rings. The van der Waals surface area contributed by atoms with Crippen LogP contribution in [0.2, 0.25) is 5.02 Å². The van der Waals surface area contributed by atoms with Crippen LogP contribution >= 0.6 is 11.6 Å². The third kappa shape index (κ3) is 4.75. The molecular formula is C27H36BClO2. The summed E-state index contributed by atoms with van der Waals surface area (Å²) in [6.07, 6.45) is 12.6. The predicted octanol–water partition coefficient (Wildman–Crippen LogP) is 7.29. The molecule has 2 aromatic rings.